The second kappa shape index (κ2) is 3.30. The molecule has 0 saturated heterocycles. The summed E-state index contributed by atoms with van der Waals surface area (Å²) in [6, 6.07) is 0. The molecule has 0 amide bonds. The molecule has 0 aromatic heterocycles. The van der Waals surface area contributed by atoms with Gasteiger partial charge in [-0.2, -0.15) is 0 Å². The molecule has 0 aromatic rings. The van der Waals surface area contributed by atoms with Crippen molar-refractivity contribution in [3.05, 3.63) is 12.2 Å². The number of aliphatic carboxylic acids is 1. The molecule has 1 saturated carbocycles. The van der Waals surface area contributed by atoms with Gasteiger partial charge in [-0.3, -0.25) is 4.79 Å². The van der Waals surface area contributed by atoms with E-state index >= 15 is 0 Å². The molecule has 1 N–H and O–H groups in total. The van der Waals surface area contributed by atoms with Crippen LogP contribution in [0.25, 0.3) is 0 Å². The molecule has 1 fully saturated rings. The number of carboxylic acids is 1. The fraction of sp³-hybridized carbons (Fsp3) is 0.700. The Balaban J connectivity index is 2.84. The van der Waals surface area contributed by atoms with Crippen molar-refractivity contribution in [1.29, 1.82) is 0 Å². The zero-order chi connectivity index (χ0) is 9.19. The molecule has 1 rings (SSSR count). The van der Waals surface area contributed by atoms with Crippen LogP contribution < -0.4 is 0 Å². The Morgan fingerprint density at radius 1 is 1.33 bits per heavy atom. The van der Waals surface area contributed by atoms with Gasteiger partial charge in [0, 0.05) is 0 Å². The van der Waals surface area contributed by atoms with Gasteiger partial charge in [-0.05, 0) is 19.8 Å². The molecule has 0 aliphatic heterocycles. The molecule has 2 nitrogen and oxygen atoms in total. The van der Waals surface area contributed by atoms with E-state index in [-0.39, 0.29) is 0 Å². The number of hydrogen-bond acceptors (Lipinski definition) is 1. The Morgan fingerprint density at radius 3 is 2.08 bits per heavy atom. The third-order valence-electron chi connectivity index (χ3n) is 2.93. The highest BCUT2D eigenvalue weighted by Gasteiger charge is 2.39. The van der Waals surface area contributed by atoms with E-state index < -0.39 is 11.4 Å². The van der Waals surface area contributed by atoms with Crippen LogP contribution in [0.15, 0.2) is 12.2 Å². The lowest BCUT2D eigenvalue weighted by molar-refractivity contribution is -0.148. The first-order chi connectivity index (χ1) is 5.59. The highest BCUT2D eigenvalue weighted by Crippen LogP contribution is 2.41. The van der Waals surface area contributed by atoms with Crippen molar-refractivity contribution in [1.82, 2.24) is 0 Å². The van der Waals surface area contributed by atoms with E-state index in [1.54, 1.807) is 0 Å². The highest BCUT2D eigenvalue weighted by atomic mass is 16.4. The molecule has 0 unspecified atom stereocenters. The summed E-state index contributed by atoms with van der Waals surface area (Å²) in [5, 5.41) is 9.10. The van der Waals surface area contributed by atoms with Crippen molar-refractivity contribution in [2.45, 2.75) is 39.0 Å². The van der Waals surface area contributed by atoms with Gasteiger partial charge in [-0.1, -0.05) is 31.4 Å². The summed E-state index contributed by atoms with van der Waals surface area (Å²) in [6.45, 7) is 5.62. The first-order valence-electron chi connectivity index (χ1n) is 4.49. The van der Waals surface area contributed by atoms with E-state index in [9.17, 15) is 4.79 Å². The quantitative estimate of drug-likeness (QED) is 0.643. The van der Waals surface area contributed by atoms with Gasteiger partial charge in [0.25, 0.3) is 0 Å². The molecule has 12 heavy (non-hydrogen) atoms. The Hall–Kier alpha value is -0.790. The lowest BCUT2D eigenvalue weighted by Gasteiger charge is -2.33. The predicted octanol–water partition coefficient (Wildman–Crippen LogP) is 2.60. The predicted molar refractivity (Wildman–Crippen MR) is 48.0 cm³/mol. The van der Waals surface area contributed by atoms with Crippen molar-refractivity contribution in [2.24, 2.45) is 5.41 Å². The third kappa shape index (κ3) is 1.38. The van der Waals surface area contributed by atoms with Gasteiger partial charge in [-0.25, -0.2) is 0 Å². The number of hydrogen-bond donors (Lipinski definition) is 1. The normalized spacial score (nSPS) is 21.8. The summed E-state index contributed by atoms with van der Waals surface area (Å²) in [4.78, 5) is 11.1. The van der Waals surface area contributed by atoms with Gasteiger partial charge in [-0.15, -0.1) is 0 Å². The number of rotatable bonds is 2. The maximum Gasteiger partial charge on any atom is 0.313 e. The van der Waals surface area contributed by atoms with E-state index in [1.807, 2.05) is 6.92 Å². The van der Waals surface area contributed by atoms with Crippen LogP contribution in [0.2, 0.25) is 0 Å². The monoisotopic (exact) mass is 168 g/mol. The van der Waals surface area contributed by atoms with Gasteiger partial charge in [0.2, 0.25) is 0 Å². The smallest absolute Gasteiger partial charge is 0.313 e. The molecule has 2 heteroatoms. The van der Waals surface area contributed by atoms with Crippen molar-refractivity contribution in [3.8, 4) is 0 Å². The maximum absolute atomic E-state index is 11.1. The van der Waals surface area contributed by atoms with Crippen LogP contribution >= 0.6 is 0 Å². The Labute approximate surface area is 73.3 Å². The van der Waals surface area contributed by atoms with Crippen molar-refractivity contribution >= 4 is 5.97 Å². The third-order valence-corrected chi connectivity index (χ3v) is 2.93. The fourth-order valence-electron chi connectivity index (χ4n) is 1.98. The fourth-order valence-corrected chi connectivity index (χ4v) is 1.98. The van der Waals surface area contributed by atoms with Gasteiger partial charge < -0.3 is 5.11 Å². The minimum absolute atomic E-state index is 0.599. The summed E-state index contributed by atoms with van der Waals surface area (Å²) < 4.78 is 0. The second-order valence-electron chi connectivity index (χ2n) is 3.73. The van der Waals surface area contributed by atoms with Crippen molar-refractivity contribution in [2.75, 3.05) is 0 Å². The summed E-state index contributed by atoms with van der Waals surface area (Å²) >= 11 is 0. The zero-order valence-electron chi connectivity index (χ0n) is 7.60. The average Bonchev–Trinajstić information content (AvgIpc) is 2.05. The molecule has 0 heterocycles. The molecule has 1 aliphatic rings. The van der Waals surface area contributed by atoms with Gasteiger partial charge in [0.15, 0.2) is 0 Å². The SMILES string of the molecule is C=C(C)C1(C(=O)O)CCCCC1. The largest absolute Gasteiger partial charge is 0.481 e. The number of carbonyl (C=O) groups is 1. The van der Waals surface area contributed by atoms with Crippen LogP contribution in [0.3, 0.4) is 0 Å². The molecule has 0 atom stereocenters. The van der Waals surface area contributed by atoms with Crippen LogP contribution in [0.5, 0.6) is 0 Å². The summed E-state index contributed by atoms with van der Waals surface area (Å²) in [6.07, 6.45) is 4.77. The Bertz CT molecular complexity index is 184. The van der Waals surface area contributed by atoms with E-state index in [0.29, 0.717) is 0 Å². The standard InChI is InChI=1S/C10H16O2/c1-8(2)10(9(11)12)6-4-3-5-7-10/h1,3-7H2,2H3,(H,11,12). The minimum atomic E-state index is -0.685. The van der Waals surface area contributed by atoms with E-state index in [2.05, 4.69) is 6.58 Å². The lowest BCUT2D eigenvalue weighted by Crippen LogP contribution is -2.34. The van der Waals surface area contributed by atoms with Crippen LogP contribution in [-0.2, 0) is 4.79 Å². The highest BCUT2D eigenvalue weighted by molar-refractivity contribution is 5.78. The molecule has 1 aliphatic carbocycles. The van der Waals surface area contributed by atoms with E-state index in [1.165, 1.54) is 6.42 Å². The van der Waals surface area contributed by atoms with Crippen molar-refractivity contribution in [3.63, 3.8) is 0 Å². The number of carboxylic acid groups (broad SMARTS) is 1. The zero-order valence-corrected chi connectivity index (χ0v) is 7.60. The molecule has 0 radical (unpaired) electrons. The van der Waals surface area contributed by atoms with Gasteiger partial charge in [0.1, 0.15) is 0 Å². The molecule has 0 aromatic carbocycles. The van der Waals surface area contributed by atoms with Crippen LogP contribution in [-0.4, -0.2) is 11.1 Å². The van der Waals surface area contributed by atoms with Gasteiger partial charge in [0.05, 0.1) is 5.41 Å². The van der Waals surface area contributed by atoms with Gasteiger partial charge >= 0.3 is 5.97 Å². The van der Waals surface area contributed by atoms with Crippen LogP contribution in [0, 0.1) is 5.41 Å². The summed E-state index contributed by atoms with van der Waals surface area (Å²) in [5.74, 6) is -0.685. The van der Waals surface area contributed by atoms with Crippen molar-refractivity contribution < 1.29 is 9.90 Å². The van der Waals surface area contributed by atoms with Crippen LogP contribution in [0.4, 0.5) is 0 Å². The molecular formula is C10H16O2. The average molecular weight is 168 g/mol. The lowest BCUT2D eigenvalue weighted by atomic mass is 9.70. The Kier molecular flexibility index (Phi) is 2.55. The minimum Gasteiger partial charge on any atom is -0.481 e. The Morgan fingerprint density at radius 2 is 1.83 bits per heavy atom. The first kappa shape index (κ1) is 9.30. The van der Waals surface area contributed by atoms with E-state index in [0.717, 1.165) is 31.3 Å². The first-order valence-corrected chi connectivity index (χ1v) is 4.49. The molecular weight excluding hydrogens is 152 g/mol. The topological polar surface area (TPSA) is 37.3 Å². The molecule has 0 bridgehead atoms. The van der Waals surface area contributed by atoms with Crippen LogP contribution in [0.1, 0.15) is 39.0 Å². The molecule has 0 spiro atoms. The molecule has 68 valence electrons. The summed E-state index contributed by atoms with van der Waals surface area (Å²) in [7, 11) is 0. The van der Waals surface area contributed by atoms with E-state index in [4.69, 9.17) is 5.11 Å². The summed E-state index contributed by atoms with van der Waals surface area (Å²) in [5.41, 5.74) is 0.216. The second-order valence-corrected chi connectivity index (χ2v) is 3.73. The maximum atomic E-state index is 11.1.